The molecule has 12 heterocycles. The summed E-state index contributed by atoms with van der Waals surface area (Å²) in [6.45, 7) is 18.4. The maximum atomic E-state index is 15.4. The standard InChI is InChI=1S/C47H60N4O9.C44H56N4O8.C2H6O/c1-8-36(52)60-40-44(10-3)17-13-19-51-21-18-45(38(44)51)31-22-32(35(57-5)23-34(31)49(4)39(45)47(40,56)42(54)59-7)46(41(53)58-6)25-28-24-43(55,9-2)27-50(26-28)20-16-30-29-14-11-12-15-33(29)48-37(30)46;1-7-40(52)22-26-23-43(38(50)55-5,34-28(14-18-47(24-26)25-40)27-12-9-10-13-31(27)45-34)30-20-29-32(21-33(30)54-4)46(3)36-42(29)16-19-48-17-11-15-41(8-2,35(42)48)37(49)44(36,53)39(51)56-6;1-2-3/h11-15,17,22-23,28,38-40,48,55-56H,8-10,16,18-21,24-27H2,1-7H3;9-13,15,20-21,26,35-37,45,49,52-53H,7-8,14,16-19,22-25H2,1-6H3;3H,2H2,1H3/t28?,38?,39?,40-,43+,44-,45?,46+,47+;26?,35?,36?,37-,40+,41-,42?,43+,44+;/m11./s1. The number of aromatic amines is 2. The molecule has 10 unspecified atom stereocenters. The summed E-state index contributed by atoms with van der Waals surface area (Å²) < 4.78 is 41.8. The average Bonchev–Trinajstić information content (AvgIpc) is 1.48. The number of carbonyl (C=O) groups is 5. The first kappa shape index (κ1) is 84.2. The van der Waals surface area contributed by atoms with Crippen LogP contribution in [0.3, 0.4) is 0 Å². The van der Waals surface area contributed by atoms with Gasteiger partial charge in [-0.25, -0.2) is 9.59 Å². The Hall–Kier alpha value is -8.41. The van der Waals surface area contributed by atoms with Gasteiger partial charge >= 0.3 is 29.8 Å². The molecule has 0 radical (unpaired) electrons. The lowest BCUT2D eigenvalue weighted by Gasteiger charge is -2.63. The van der Waals surface area contributed by atoms with E-state index < -0.39 is 109 Å². The van der Waals surface area contributed by atoms with Crippen molar-refractivity contribution in [2.45, 2.75) is 205 Å². The summed E-state index contributed by atoms with van der Waals surface area (Å²) in [5, 5.41) is 72.3. The lowest BCUT2D eigenvalue weighted by molar-refractivity contribution is -0.229. The predicted molar refractivity (Wildman–Crippen MR) is 449 cm³/mol. The quantitative estimate of drug-likeness (QED) is 0.0293. The summed E-state index contributed by atoms with van der Waals surface area (Å²) in [6, 6.07) is 22.0. The van der Waals surface area contributed by atoms with E-state index in [-0.39, 0.29) is 36.9 Å². The van der Waals surface area contributed by atoms with Crippen molar-refractivity contribution in [1.82, 2.24) is 29.6 Å². The van der Waals surface area contributed by atoms with Crippen molar-refractivity contribution in [3.05, 3.63) is 142 Å². The number of hydrogen-bond acceptors (Lipinski definition) is 24. The molecule has 18 rings (SSSR count). The number of piperidine rings is 2. The Balaban J connectivity index is 0.000000172. The molecule has 0 amide bonds. The molecule has 2 aliphatic carbocycles. The van der Waals surface area contributed by atoms with Crippen LogP contribution in [0.2, 0.25) is 0 Å². The first-order valence-corrected chi connectivity index (χ1v) is 43.1. The number of para-hydroxylation sites is 2. The highest BCUT2D eigenvalue weighted by Crippen LogP contribution is 2.71. The predicted octanol–water partition coefficient (Wildman–Crippen LogP) is 7.80. The molecule has 12 aliphatic rings. The van der Waals surface area contributed by atoms with Gasteiger partial charge in [-0.2, -0.15) is 0 Å². The topological polar surface area (TPSA) is 322 Å². The van der Waals surface area contributed by atoms with Gasteiger partial charge in [-0.1, -0.05) is 95.3 Å². The minimum absolute atomic E-state index is 0.0673. The highest BCUT2D eigenvalue weighted by atomic mass is 16.6. The maximum absolute atomic E-state index is 15.4. The van der Waals surface area contributed by atoms with Gasteiger partial charge in [-0.15, -0.1) is 0 Å². The van der Waals surface area contributed by atoms with Crippen LogP contribution in [-0.4, -0.2) is 278 Å². The number of nitrogens with zero attached hydrogens (tertiary/aromatic N) is 6. The summed E-state index contributed by atoms with van der Waals surface area (Å²) in [5.74, 6) is -2.37. The third-order valence-corrected chi connectivity index (χ3v) is 31.2. The SMILES string of the molecule is CCC(=O)O[C@@H]1[C@]2(CC)C=CCN3CCC4(c5cc([C@@]6(C(=O)OC)CC7CN(CCc8c6[nH]c6ccccc86)C[C@](O)(CC)C7)c(OC)cc5N(C)C4[C@@]1(O)C(=O)OC)C32.CCO.CC[C@]1(O)CC2CN(CCc3c([nH]c4ccccc34)[C@@](C(=O)OC)(c3cc4c(cc3OC)N(C)C3C45CCN4CC=C[C@](CC)(C45)[C@@H](O)[C@]3(O)C(=O)OC)C2)C1. The molecule has 2 saturated carbocycles. The van der Waals surface area contributed by atoms with E-state index in [1.807, 2.05) is 112 Å². The van der Waals surface area contributed by atoms with Gasteiger partial charge in [0, 0.05) is 181 Å². The van der Waals surface area contributed by atoms with E-state index in [9.17, 15) is 39.9 Å². The number of likely N-dealkylation sites (N-methyl/N-ethyl adjacent to an activating group) is 2. The highest BCUT2D eigenvalue weighted by molar-refractivity contribution is 5.97. The Morgan fingerprint density at radius 2 is 0.916 bits per heavy atom. The minimum atomic E-state index is -2.30. The van der Waals surface area contributed by atoms with E-state index in [2.05, 4.69) is 66.0 Å². The van der Waals surface area contributed by atoms with E-state index >= 15 is 9.59 Å². The third kappa shape index (κ3) is 11.7. The fraction of sp³-hybridized carbons (Fsp3) is 0.602. The van der Waals surface area contributed by atoms with Gasteiger partial charge in [0.15, 0.2) is 6.10 Å². The third-order valence-electron chi connectivity index (χ3n) is 31.2. The second kappa shape index (κ2) is 30.6. The normalized spacial score (nSPS) is 36.7. The molecule has 10 aliphatic heterocycles. The van der Waals surface area contributed by atoms with Crippen molar-refractivity contribution < 1.29 is 87.8 Å². The number of H-pyrrole nitrogens is 2. The largest absolute Gasteiger partial charge is 0.496 e. The van der Waals surface area contributed by atoms with Crippen molar-refractivity contribution in [2.75, 3.05) is 139 Å². The number of aromatic nitrogens is 2. The number of fused-ring (bicyclic) bond motifs is 12. The van der Waals surface area contributed by atoms with Gasteiger partial charge < -0.3 is 83.6 Å². The molecule has 4 aromatic carbocycles. The van der Waals surface area contributed by atoms with E-state index in [1.165, 1.54) is 28.4 Å². The Labute approximate surface area is 697 Å². The summed E-state index contributed by atoms with van der Waals surface area (Å²) in [4.78, 5) is 93.4. The zero-order valence-electron chi connectivity index (χ0n) is 71.6. The molecule has 2 spiro atoms. The van der Waals surface area contributed by atoms with Crippen LogP contribution in [-0.2, 0) is 82.2 Å². The molecule has 4 bridgehead atoms. The Morgan fingerprint density at radius 1 is 0.504 bits per heavy atom. The van der Waals surface area contributed by atoms with Crippen LogP contribution < -0.4 is 19.3 Å². The number of methoxy groups -OCH3 is 6. The summed E-state index contributed by atoms with van der Waals surface area (Å²) in [6.07, 6.45) is 11.9. The van der Waals surface area contributed by atoms with Crippen LogP contribution in [0.4, 0.5) is 11.4 Å². The van der Waals surface area contributed by atoms with Crippen LogP contribution in [0.25, 0.3) is 21.8 Å². The van der Waals surface area contributed by atoms with Crippen LogP contribution in [0.5, 0.6) is 11.5 Å². The molecule has 8 N–H and O–H groups in total. The van der Waals surface area contributed by atoms with Crippen molar-refractivity contribution >= 4 is 63.0 Å². The van der Waals surface area contributed by atoms with E-state index in [0.29, 0.717) is 152 Å². The fourth-order valence-electron chi connectivity index (χ4n) is 26.7. The number of aliphatic hydroxyl groups excluding tert-OH is 2. The monoisotopic (exact) mass is 1640 g/mol. The van der Waals surface area contributed by atoms with Gasteiger partial charge in [0.05, 0.1) is 65.9 Å². The second-order valence-electron chi connectivity index (χ2n) is 36.4. The van der Waals surface area contributed by atoms with E-state index in [4.69, 9.17) is 38.3 Å². The number of hydrogen-bond donors (Lipinski definition) is 8. The summed E-state index contributed by atoms with van der Waals surface area (Å²) >= 11 is 0. The first-order chi connectivity index (χ1) is 57.0. The van der Waals surface area contributed by atoms with E-state index in [0.717, 1.165) is 79.9 Å². The molecular weight excluding hydrogens is 1520 g/mol. The summed E-state index contributed by atoms with van der Waals surface area (Å²) in [7, 11) is 12.3. The van der Waals surface area contributed by atoms with Crippen LogP contribution >= 0.6 is 0 Å². The number of carbonyl (C=O) groups excluding carboxylic acids is 5. The fourth-order valence-corrected chi connectivity index (χ4v) is 26.7. The number of benzene rings is 4. The van der Waals surface area contributed by atoms with Crippen molar-refractivity contribution in [3.8, 4) is 11.5 Å². The molecule has 4 saturated heterocycles. The van der Waals surface area contributed by atoms with Crippen molar-refractivity contribution in [2.24, 2.45) is 22.7 Å². The molecule has 642 valence electrons. The van der Waals surface area contributed by atoms with Gasteiger partial charge in [-0.3, -0.25) is 34.0 Å². The molecule has 119 heavy (non-hydrogen) atoms. The molecule has 2 aromatic heterocycles. The molecule has 26 heteroatoms. The number of nitrogens with one attached hydrogen (secondary N) is 2. The zero-order chi connectivity index (χ0) is 84.9. The van der Waals surface area contributed by atoms with Crippen LogP contribution in [0.1, 0.15) is 157 Å². The average molecular weight is 1640 g/mol. The van der Waals surface area contributed by atoms with Crippen LogP contribution in [0, 0.1) is 22.7 Å². The molecule has 20 atom stereocenters. The van der Waals surface area contributed by atoms with Crippen LogP contribution in [0.15, 0.2) is 97.1 Å². The minimum Gasteiger partial charge on any atom is -0.496 e. The molecule has 6 aromatic rings. The Morgan fingerprint density at radius 3 is 1.33 bits per heavy atom. The number of rotatable bonds is 14. The zero-order valence-corrected chi connectivity index (χ0v) is 71.6. The maximum Gasteiger partial charge on any atom is 0.344 e. The summed E-state index contributed by atoms with van der Waals surface area (Å²) in [5.41, 5.74) is -3.04. The Bertz CT molecular complexity index is 5040. The highest BCUT2D eigenvalue weighted by Gasteiger charge is 2.82. The van der Waals surface area contributed by atoms with E-state index in [1.54, 1.807) is 28.1 Å². The molecule has 26 nitrogen and oxygen atoms in total. The van der Waals surface area contributed by atoms with Gasteiger partial charge in [-0.05, 0) is 155 Å². The second-order valence-corrected chi connectivity index (χ2v) is 36.4. The molecular formula is C93H122N8O18. The molecule has 6 fully saturated rings. The van der Waals surface area contributed by atoms with Crippen molar-refractivity contribution in [1.29, 1.82) is 0 Å². The smallest absolute Gasteiger partial charge is 0.344 e. The number of aliphatic hydroxyl groups is 6. The lowest BCUT2D eigenvalue weighted by atomic mass is 9.47. The lowest BCUT2D eigenvalue weighted by Crippen LogP contribution is -2.81. The number of ether oxygens (including phenoxy) is 7. The Kier molecular flexibility index (Phi) is 21.6. The van der Waals surface area contributed by atoms with Crippen molar-refractivity contribution in [3.63, 3.8) is 0 Å². The first-order valence-electron chi connectivity index (χ1n) is 43.1. The van der Waals surface area contributed by atoms with Gasteiger partial charge in [0.1, 0.15) is 28.4 Å². The number of esters is 5. The van der Waals surface area contributed by atoms with Gasteiger partial charge in [0.25, 0.3) is 0 Å². The van der Waals surface area contributed by atoms with Gasteiger partial charge in [0.2, 0.25) is 11.2 Å². The number of anilines is 2.